The van der Waals surface area contributed by atoms with Crippen LogP contribution in [0.2, 0.25) is 0 Å². The van der Waals surface area contributed by atoms with Gasteiger partial charge in [-0.1, -0.05) is 6.92 Å². The van der Waals surface area contributed by atoms with Crippen molar-refractivity contribution in [2.75, 3.05) is 13.7 Å². The van der Waals surface area contributed by atoms with E-state index in [1.165, 1.54) is 0 Å². The Kier molecular flexibility index (Phi) is 4.60. The molecule has 102 valence electrons. The highest BCUT2D eigenvalue weighted by atomic mass is 16.5. The van der Waals surface area contributed by atoms with E-state index in [1.54, 1.807) is 13.3 Å². The lowest BCUT2D eigenvalue weighted by Gasteiger charge is -2.18. The highest BCUT2D eigenvalue weighted by Gasteiger charge is 2.24. The molecule has 5 heteroatoms. The van der Waals surface area contributed by atoms with Crippen LogP contribution < -0.4 is 10.5 Å². The smallest absolute Gasteiger partial charge is 0.161 e. The van der Waals surface area contributed by atoms with Gasteiger partial charge in [0.1, 0.15) is 0 Å². The van der Waals surface area contributed by atoms with Crippen molar-refractivity contribution in [1.29, 1.82) is 0 Å². The zero-order chi connectivity index (χ0) is 13.0. The van der Waals surface area contributed by atoms with Crippen molar-refractivity contribution >= 4 is 0 Å². The van der Waals surface area contributed by atoms with Gasteiger partial charge in [-0.2, -0.15) is 5.10 Å². The van der Waals surface area contributed by atoms with Crippen LogP contribution in [0.15, 0.2) is 6.20 Å². The third kappa shape index (κ3) is 2.84. The van der Waals surface area contributed by atoms with Gasteiger partial charge in [-0.15, -0.1) is 0 Å². The highest BCUT2D eigenvalue weighted by molar-refractivity contribution is 5.28. The van der Waals surface area contributed by atoms with E-state index >= 15 is 0 Å². The van der Waals surface area contributed by atoms with Crippen molar-refractivity contribution in [3.8, 4) is 5.75 Å². The van der Waals surface area contributed by atoms with Gasteiger partial charge < -0.3 is 15.2 Å². The molecule has 0 radical (unpaired) electrons. The number of nitrogens with zero attached hydrogens (tertiary/aromatic N) is 2. The Morgan fingerprint density at radius 2 is 2.50 bits per heavy atom. The monoisotopic (exact) mass is 253 g/mol. The molecular weight excluding hydrogens is 230 g/mol. The Bertz CT molecular complexity index is 372. The minimum Gasteiger partial charge on any atom is -0.493 e. The second-order valence-electron chi connectivity index (χ2n) is 4.80. The van der Waals surface area contributed by atoms with Gasteiger partial charge in [-0.05, 0) is 25.7 Å². The van der Waals surface area contributed by atoms with Gasteiger partial charge in [0.05, 0.1) is 31.1 Å². The van der Waals surface area contributed by atoms with E-state index in [0.29, 0.717) is 0 Å². The first kappa shape index (κ1) is 13.4. The Labute approximate surface area is 108 Å². The van der Waals surface area contributed by atoms with E-state index in [0.717, 1.165) is 50.3 Å². The molecule has 2 atom stereocenters. The highest BCUT2D eigenvalue weighted by Crippen LogP contribution is 2.29. The molecule has 0 amide bonds. The van der Waals surface area contributed by atoms with Crippen molar-refractivity contribution in [2.45, 2.75) is 51.3 Å². The number of nitrogens with two attached hydrogens (primary N) is 1. The van der Waals surface area contributed by atoms with Gasteiger partial charge in [0.15, 0.2) is 5.75 Å². The number of ether oxygens (including phenoxy) is 2. The standard InChI is InChI=1S/C13H23N3O2/c1-3-6-16-13(12(17-2)9-15-16)11(14)8-10-5-4-7-18-10/h9-11H,3-8,14H2,1-2H3. The second kappa shape index (κ2) is 6.20. The summed E-state index contributed by atoms with van der Waals surface area (Å²) in [5.74, 6) is 0.786. The van der Waals surface area contributed by atoms with Crippen molar-refractivity contribution in [3.05, 3.63) is 11.9 Å². The molecule has 2 rings (SSSR count). The van der Waals surface area contributed by atoms with Crippen LogP contribution in [0.5, 0.6) is 5.75 Å². The lowest BCUT2D eigenvalue weighted by molar-refractivity contribution is 0.0973. The van der Waals surface area contributed by atoms with Crippen LogP contribution in [0, 0.1) is 0 Å². The third-order valence-electron chi connectivity index (χ3n) is 3.39. The first-order valence-electron chi connectivity index (χ1n) is 6.73. The van der Waals surface area contributed by atoms with E-state index in [1.807, 2.05) is 4.68 Å². The maximum Gasteiger partial charge on any atom is 0.161 e. The minimum atomic E-state index is -0.0721. The summed E-state index contributed by atoms with van der Waals surface area (Å²) >= 11 is 0. The number of methoxy groups -OCH3 is 1. The van der Waals surface area contributed by atoms with E-state index in [-0.39, 0.29) is 12.1 Å². The van der Waals surface area contributed by atoms with Crippen molar-refractivity contribution in [2.24, 2.45) is 5.73 Å². The molecule has 2 unspecified atom stereocenters. The fourth-order valence-corrected chi connectivity index (χ4v) is 2.52. The lowest BCUT2D eigenvalue weighted by atomic mass is 10.0. The van der Waals surface area contributed by atoms with Gasteiger partial charge in [-0.25, -0.2) is 0 Å². The molecule has 0 spiro atoms. The lowest BCUT2D eigenvalue weighted by Crippen LogP contribution is -2.22. The number of hydrogen-bond donors (Lipinski definition) is 1. The van der Waals surface area contributed by atoms with Gasteiger partial charge in [0.2, 0.25) is 0 Å². The molecule has 18 heavy (non-hydrogen) atoms. The predicted molar refractivity (Wildman–Crippen MR) is 69.6 cm³/mol. The molecule has 1 fully saturated rings. The molecule has 0 aliphatic carbocycles. The van der Waals surface area contributed by atoms with Crippen LogP contribution in [0.25, 0.3) is 0 Å². The van der Waals surface area contributed by atoms with Crippen molar-refractivity contribution < 1.29 is 9.47 Å². The van der Waals surface area contributed by atoms with Gasteiger partial charge in [0.25, 0.3) is 0 Å². The fourth-order valence-electron chi connectivity index (χ4n) is 2.52. The van der Waals surface area contributed by atoms with Crippen LogP contribution in [0.4, 0.5) is 0 Å². The Morgan fingerprint density at radius 1 is 1.67 bits per heavy atom. The predicted octanol–water partition coefficient (Wildman–Crippen LogP) is 1.87. The van der Waals surface area contributed by atoms with Crippen molar-refractivity contribution in [3.63, 3.8) is 0 Å². The van der Waals surface area contributed by atoms with Gasteiger partial charge in [0, 0.05) is 13.2 Å². The molecule has 1 aliphatic heterocycles. The van der Waals surface area contributed by atoms with Crippen LogP contribution in [-0.4, -0.2) is 29.6 Å². The average molecular weight is 253 g/mol. The third-order valence-corrected chi connectivity index (χ3v) is 3.39. The summed E-state index contributed by atoms with van der Waals surface area (Å²) in [5.41, 5.74) is 7.30. The minimum absolute atomic E-state index is 0.0721. The Morgan fingerprint density at radius 3 is 3.11 bits per heavy atom. The van der Waals surface area contributed by atoms with E-state index < -0.39 is 0 Å². The van der Waals surface area contributed by atoms with E-state index in [4.69, 9.17) is 15.2 Å². The maximum atomic E-state index is 6.31. The molecule has 0 saturated carbocycles. The first-order valence-corrected chi connectivity index (χ1v) is 6.73. The number of aromatic nitrogens is 2. The van der Waals surface area contributed by atoms with E-state index in [9.17, 15) is 0 Å². The summed E-state index contributed by atoms with van der Waals surface area (Å²) in [5, 5.41) is 4.34. The molecular formula is C13H23N3O2. The summed E-state index contributed by atoms with van der Waals surface area (Å²) in [7, 11) is 1.66. The summed E-state index contributed by atoms with van der Waals surface area (Å²) in [6, 6.07) is -0.0721. The van der Waals surface area contributed by atoms with Gasteiger partial charge >= 0.3 is 0 Å². The number of hydrogen-bond acceptors (Lipinski definition) is 4. The van der Waals surface area contributed by atoms with Crippen LogP contribution in [0.1, 0.15) is 44.3 Å². The van der Waals surface area contributed by atoms with Crippen LogP contribution in [0.3, 0.4) is 0 Å². The zero-order valence-electron chi connectivity index (χ0n) is 11.3. The van der Waals surface area contributed by atoms with Crippen molar-refractivity contribution in [1.82, 2.24) is 9.78 Å². The SMILES string of the molecule is CCCn1ncc(OC)c1C(N)CC1CCCO1. The Hall–Kier alpha value is -1.07. The fraction of sp³-hybridized carbons (Fsp3) is 0.769. The zero-order valence-corrected chi connectivity index (χ0v) is 11.3. The first-order chi connectivity index (χ1) is 8.76. The molecule has 1 aliphatic rings. The maximum absolute atomic E-state index is 6.31. The average Bonchev–Trinajstić information content (AvgIpc) is 2.98. The number of aryl methyl sites for hydroxylation is 1. The molecule has 2 N–H and O–H groups in total. The quantitative estimate of drug-likeness (QED) is 0.840. The summed E-state index contributed by atoms with van der Waals surface area (Å²) in [4.78, 5) is 0. The van der Waals surface area contributed by atoms with Crippen LogP contribution in [-0.2, 0) is 11.3 Å². The largest absolute Gasteiger partial charge is 0.493 e. The Balaban J connectivity index is 2.10. The molecule has 1 aromatic heterocycles. The molecule has 0 bridgehead atoms. The normalized spacial score (nSPS) is 21.2. The van der Waals surface area contributed by atoms with Crippen LogP contribution >= 0.6 is 0 Å². The molecule has 5 nitrogen and oxygen atoms in total. The number of rotatable bonds is 6. The molecule has 2 heterocycles. The summed E-state index contributed by atoms with van der Waals surface area (Å²) < 4.78 is 13.0. The molecule has 0 aromatic carbocycles. The topological polar surface area (TPSA) is 62.3 Å². The molecule has 1 saturated heterocycles. The molecule has 1 aromatic rings. The second-order valence-corrected chi connectivity index (χ2v) is 4.80. The summed E-state index contributed by atoms with van der Waals surface area (Å²) in [6.45, 7) is 3.87. The summed E-state index contributed by atoms with van der Waals surface area (Å²) in [6.07, 6.45) is 6.16. The van der Waals surface area contributed by atoms with Gasteiger partial charge in [-0.3, -0.25) is 4.68 Å². The van der Waals surface area contributed by atoms with E-state index in [2.05, 4.69) is 12.0 Å².